The first-order valence-corrected chi connectivity index (χ1v) is 4.69. The molecule has 5 nitrogen and oxygen atoms in total. The van der Waals surface area contributed by atoms with Gasteiger partial charge in [-0.05, 0) is 24.4 Å². The van der Waals surface area contributed by atoms with Gasteiger partial charge in [-0.2, -0.15) is 0 Å². The third-order valence-electron chi connectivity index (χ3n) is 1.96. The second-order valence-corrected chi connectivity index (χ2v) is 3.42. The highest BCUT2D eigenvalue weighted by Crippen LogP contribution is 2.07. The Morgan fingerprint density at radius 3 is 3.00 bits per heavy atom. The van der Waals surface area contributed by atoms with Crippen LogP contribution < -0.4 is 11.3 Å². The van der Waals surface area contributed by atoms with Crippen LogP contribution in [-0.2, 0) is 6.54 Å². The summed E-state index contributed by atoms with van der Waals surface area (Å²) in [7, 11) is 0. The zero-order valence-electron chi connectivity index (χ0n) is 7.77. The summed E-state index contributed by atoms with van der Waals surface area (Å²) in [6, 6.07) is 4.88. The first-order valence-electron chi connectivity index (χ1n) is 4.29. The van der Waals surface area contributed by atoms with Gasteiger partial charge in [0.2, 0.25) is 0 Å². The molecule has 0 atom stereocenters. The number of anilines is 1. The number of aromatic amines is 1. The van der Waals surface area contributed by atoms with Crippen LogP contribution >= 0.6 is 12.2 Å². The molecule has 0 aliphatic rings. The quantitative estimate of drug-likeness (QED) is 0.748. The van der Waals surface area contributed by atoms with Gasteiger partial charge in [0.1, 0.15) is 11.6 Å². The van der Waals surface area contributed by atoms with Crippen LogP contribution in [0.5, 0.6) is 0 Å². The molecule has 0 aromatic carbocycles. The number of nitrogen functional groups attached to an aromatic ring is 1. The van der Waals surface area contributed by atoms with Gasteiger partial charge >= 0.3 is 0 Å². The summed E-state index contributed by atoms with van der Waals surface area (Å²) in [4.78, 5) is 13.5. The molecular formula is C9H9N3O2S. The molecule has 2 aromatic heterocycles. The largest absolute Gasteiger partial charge is 0.467 e. The molecule has 0 spiro atoms. The second kappa shape index (κ2) is 3.74. The van der Waals surface area contributed by atoms with E-state index >= 15 is 0 Å². The molecule has 15 heavy (non-hydrogen) atoms. The minimum Gasteiger partial charge on any atom is -0.467 e. The molecular weight excluding hydrogens is 214 g/mol. The monoisotopic (exact) mass is 223 g/mol. The standard InChI is InChI=1S/C9H9N3O2S/c10-7-4-8(13)11-9(15)12(7)5-6-2-1-3-14-6/h1-4H,5,10H2,(H,11,13,15). The van der Waals surface area contributed by atoms with Crippen LogP contribution in [0.3, 0.4) is 0 Å². The molecule has 78 valence electrons. The zero-order chi connectivity index (χ0) is 10.8. The number of nitrogens with one attached hydrogen (secondary N) is 1. The number of rotatable bonds is 2. The van der Waals surface area contributed by atoms with E-state index in [4.69, 9.17) is 22.4 Å². The smallest absolute Gasteiger partial charge is 0.253 e. The summed E-state index contributed by atoms with van der Waals surface area (Å²) < 4.78 is 7.04. The van der Waals surface area contributed by atoms with Gasteiger partial charge in [0.15, 0.2) is 4.77 Å². The molecule has 0 bridgehead atoms. The van der Waals surface area contributed by atoms with E-state index in [-0.39, 0.29) is 10.3 Å². The van der Waals surface area contributed by atoms with Crippen LogP contribution in [0.25, 0.3) is 0 Å². The predicted molar refractivity (Wildman–Crippen MR) is 58.1 cm³/mol. The molecule has 0 radical (unpaired) electrons. The fraction of sp³-hybridized carbons (Fsp3) is 0.111. The topological polar surface area (TPSA) is 77.0 Å². The van der Waals surface area contributed by atoms with E-state index < -0.39 is 0 Å². The molecule has 6 heteroatoms. The molecule has 0 unspecified atom stereocenters. The Kier molecular flexibility index (Phi) is 2.42. The zero-order valence-corrected chi connectivity index (χ0v) is 8.58. The van der Waals surface area contributed by atoms with Gasteiger partial charge in [0, 0.05) is 6.07 Å². The Bertz CT molecular complexity index is 568. The van der Waals surface area contributed by atoms with Gasteiger partial charge in [-0.3, -0.25) is 14.3 Å². The maximum Gasteiger partial charge on any atom is 0.253 e. The van der Waals surface area contributed by atoms with E-state index in [1.165, 1.54) is 6.07 Å². The average Bonchev–Trinajstić information content (AvgIpc) is 2.63. The lowest BCUT2D eigenvalue weighted by atomic mass is 10.4. The molecule has 0 amide bonds. The van der Waals surface area contributed by atoms with Gasteiger partial charge in [-0.15, -0.1) is 0 Å². The minimum atomic E-state index is -0.298. The average molecular weight is 223 g/mol. The molecule has 2 rings (SSSR count). The van der Waals surface area contributed by atoms with Crippen molar-refractivity contribution in [3.05, 3.63) is 45.3 Å². The van der Waals surface area contributed by atoms with E-state index in [0.717, 1.165) is 5.76 Å². The number of nitrogens with two attached hydrogens (primary N) is 1. The van der Waals surface area contributed by atoms with Crippen LogP contribution in [0.2, 0.25) is 0 Å². The Morgan fingerprint density at radius 2 is 2.40 bits per heavy atom. The van der Waals surface area contributed by atoms with Gasteiger partial charge in [-0.25, -0.2) is 0 Å². The summed E-state index contributed by atoms with van der Waals surface area (Å²) in [5, 5.41) is 0. The highest BCUT2D eigenvalue weighted by Gasteiger charge is 2.02. The fourth-order valence-corrected chi connectivity index (χ4v) is 1.53. The van der Waals surface area contributed by atoms with E-state index in [1.807, 2.05) is 6.07 Å². The second-order valence-electron chi connectivity index (χ2n) is 3.03. The van der Waals surface area contributed by atoms with Gasteiger partial charge in [0.25, 0.3) is 5.56 Å². The van der Waals surface area contributed by atoms with Crippen molar-refractivity contribution >= 4 is 18.0 Å². The number of hydrogen-bond acceptors (Lipinski definition) is 4. The lowest BCUT2D eigenvalue weighted by Gasteiger charge is -2.07. The van der Waals surface area contributed by atoms with Crippen molar-refractivity contribution in [2.24, 2.45) is 0 Å². The number of nitrogens with zero attached hydrogens (tertiary/aromatic N) is 1. The van der Waals surface area contributed by atoms with Crippen LogP contribution in [0.4, 0.5) is 5.82 Å². The Hall–Kier alpha value is -1.82. The highest BCUT2D eigenvalue weighted by atomic mass is 32.1. The summed E-state index contributed by atoms with van der Waals surface area (Å²) in [6.07, 6.45) is 1.57. The SMILES string of the molecule is Nc1cc(=O)[nH]c(=S)n1Cc1ccco1. The molecule has 2 aromatic rings. The summed E-state index contributed by atoms with van der Waals surface area (Å²) >= 11 is 4.99. The van der Waals surface area contributed by atoms with Gasteiger partial charge < -0.3 is 10.2 Å². The normalized spacial score (nSPS) is 10.4. The fourth-order valence-electron chi connectivity index (χ4n) is 1.26. The molecule has 3 N–H and O–H groups in total. The first-order chi connectivity index (χ1) is 7.16. The van der Waals surface area contributed by atoms with Crippen LogP contribution in [0.15, 0.2) is 33.7 Å². The van der Waals surface area contributed by atoms with E-state index in [0.29, 0.717) is 12.4 Å². The van der Waals surface area contributed by atoms with Crippen molar-refractivity contribution < 1.29 is 4.42 Å². The molecule has 0 saturated carbocycles. The highest BCUT2D eigenvalue weighted by molar-refractivity contribution is 7.71. The number of H-pyrrole nitrogens is 1. The molecule has 0 fully saturated rings. The van der Waals surface area contributed by atoms with E-state index in [9.17, 15) is 4.79 Å². The van der Waals surface area contributed by atoms with Crippen molar-refractivity contribution in [1.82, 2.24) is 9.55 Å². The minimum absolute atomic E-state index is 0.288. The van der Waals surface area contributed by atoms with Crippen LogP contribution in [0, 0.1) is 4.77 Å². The van der Waals surface area contributed by atoms with Crippen molar-refractivity contribution in [2.45, 2.75) is 6.54 Å². The van der Waals surface area contributed by atoms with Crippen molar-refractivity contribution in [2.75, 3.05) is 5.73 Å². The van der Waals surface area contributed by atoms with Crippen molar-refractivity contribution in [1.29, 1.82) is 0 Å². The molecule has 0 aliphatic heterocycles. The number of hydrogen-bond donors (Lipinski definition) is 2. The third kappa shape index (κ3) is 1.99. The third-order valence-corrected chi connectivity index (χ3v) is 2.28. The van der Waals surface area contributed by atoms with E-state index in [2.05, 4.69) is 4.98 Å². The predicted octanol–water partition coefficient (Wildman–Crippen LogP) is 1.13. The number of aromatic nitrogens is 2. The Labute approximate surface area is 90.2 Å². The maximum absolute atomic E-state index is 11.0. The van der Waals surface area contributed by atoms with Crippen molar-refractivity contribution in [3.63, 3.8) is 0 Å². The summed E-state index contributed by atoms with van der Waals surface area (Å²) in [6.45, 7) is 0.411. The molecule has 0 aliphatic carbocycles. The summed E-state index contributed by atoms with van der Waals surface area (Å²) in [5.41, 5.74) is 5.38. The van der Waals surface area contributed by atoms with Crippen molar-refractivity contribution in [3.8, 4) is 0 Å². The van der Waals surface area contributed by atoms with Crippen LogP contribution in [0.1, 0.15) is 5.76 Å². The lowest BCUT2D eigenvalue weighted by Crippen LogP contribution is -2.16. The Balaban J connectivity index is 2.45. The van der Waals surface area contributed by atoms with E-state index in [1.54, 1.807) is 16.9 Å². The molecule has 0 saturated heterocycles. The summed E-state index contributed by atoms with van der Waals surface area (Å²) in [5.74, 6) is 1.05. The van der Waals surface area contributed by atoms with Gasteiger partial charge in [-0.1, -0.05) is 0 Å². The first kappa shape index (κ1) is 9.72. The molecule has 2 heterocycles. The van der Waals surface area contributed by atoms with Gasteiger partial charge in [0.05, 0.1) is 12.8 Å². The maximum atomic E-state index is 11.0. The van der Waals surface area contributed by atoms with Crippen LogP contribution in [-0.4, -0.2) is 9.55 Å². The lowest BCUT2D eigenvalue weighted by molar-refractivity contribution is 0.491. The number of furan rings is 1. The Morgan fingerprint density at radius 1 is 1.60 bits per heavy atom.